The van der Waals surface area contributed by atoms with Crippen molar-refractivity contribution in [3.8, 4) is 0 Å². The van der Waals surface area contributed by atoms with Crippen molar-refractivity contribution in [3.63, 3.8) is 0 Å². The first-order valence-corrected chi connectivity index (χ1v) is 24.5. The van der Waals surface area contributed by atoms with Gasteiger partial charge >= 0.3 is 11.9 Å². The first-order chi connectivity index (χ1) is 38.3. The highest BCUT2D eigenvalue weighted by molar-refractivity contribution is 6.67. The SMILES string of the molecule is C=C(C)C(=O)Cl.C=C(C)C(=O)OCCN(CCOC(=O)C(=C)C)c1ccc([N+](=O)[O-])cc1.O=[N+]([O-])c1ccc(F)cc1.O=[N+]([O-])c1ccc(N(CCO)CCO)cc1.O=[N+]([O-])c1ccc(N(CCO)CCO)cc1.OCCNCCO. The highest BCUT2D eigenvalue weighted by Crippen LogP contribution is 2.21. The molecule has 0 spiro atoms. The zero-order valence-corrected chi connectivity index (χ0v) is 45.8. The van der Waals surface area contributed by atoms with Crippen molar-refractivity contribution in [2.24, 2.45) is 0 Å². The molecule has 27 nitrogen and oxygen atoms in total. The molecule has 0 aliphatic carbocycles. The fourth-order valence-corrected chi connectivity index (χ4v) is 5.54. The minimum atomic E-state index is -0.570. The Kier molecular flexibility index (Phi) is 41.0. The summed E-state index contributed by atoms with van der Waals surface area (Å²) in [6.45, 7) is 18.6. The van der Waals surface area contributed by atoms with Crippen molar-refractivity contribution in [1.29, 1.82) is 0 Å². The summed E-state index contributed by atoms with van der Waals surface area (Å²) in [6.07, 6.45) is 0. The number of nitrogens with one attached hydrogen (secondary N) is 1. The van der Waals surface area contributed by atoms with Crippen molar-refractivity contribution in [3.05, 3.63) is 180 Å². The Labute approximate surface area is 471 Å². The molecule has 0 heterocycles. The number of aliphatic hydroxyl groups excluding tert-OH is 6. The van der Waals surface area contributed by atoms with Crippen LogP contribution in [0.2, 0.25) is 0 Å². The van der Waals surface area contributed by atoms with Crippen LogP contribution in [0.25, 0.3) is 0 Å². The molecule has 0 saturated heterocycles. The van der Waals surface area contributed by atoms with Crippen molar-refractivity contribution < 1.29 is 78.6 Å². The van der Waals surface area contributed by atoms with Crippen molar-refractivity contribution in [1.82, 2.24) is 5.32 Å². The normalized spacial score (nSPS) is 9.72. The topological polar surface area (TPSA) is 385 Å². The Morgan fingerprint density at radius 3 is 0.901 bits per heavy atom. The standard InChI is InChI=1S/C18H22N2O6.2C10H14N2O4.C6H4FNO2.C4H5ClO.C4H11NO2/c1-13(2)17(21)25-11-9-19(10-12-26-18(22)14(3)4)15-5-7-16(8-6-15)20(23)24;2*13-7-5-11(6-8-14)9-1-3-10(4-2-9)12(15)16;7-5-1-3-6(4-2-5)8(9)10;1-3(2)4(5)6;6-3-1-5-2-4-7/h5-8H,1,3,9-12H2,2,4H3;2*1-4,13-14H,5-8H2;1-4H;1H2,2H3;5-7H,1-4H2. The summed E-state index contributed by atoms with van der Waals surface area (Å²) in [5.74, 6) is -1.46. The first kappa shape index (κ1) is 74.7. The van der Waals surface area contributed by atoms with E-state index in [9.17, 15) is 59.2 Å². The van der Waals surface area contributed by atoms with Gasteiger partial charge in [0.1, 0.15) is 19.0 Å². The maximum absolute atomic E-state index is 12.1. The Morgan fingerprint density at radius 1 is 0.469 bits per heavy atom. The van der Waals surface area contributed by atoms with E-state index in [1.54, 1.807) is 71.9 Å². The zero-order valence-electron chi connectivity index (χ0n) is 45.0. The van der Waals surface area contributed by atoms with E-state index in [0.717, 1.165) is 35.6 Å². The number of anilines is 3. The van der Waals surface area contributed by atoms with Crippen LogP contribution < -0.4 is 20.0 Å². The maximum atomic E-state index is 12.1. The number of aliphatic hydroxyl groups is 6. The number of allylic oxidation sites excluding steroid dienone is 1. The fourth-order valence-electron chi connectivity index (χ4n) is 5.54. The number of nitrogens with zero attached hydrogens (tertiary/aromatic N) is 7. The lowest BCUT2D eigenvalue weighted by molar-refractivity contribution is -0.385. The van der Waals surface area contributed by atoms with Gasteiger partial charge in [0.15, 0.2) is 0 Å². The molecule has 7 N–H and O–H groups in total. The average molecular weight is 1170 g/mol. The molecule has 0 aliphatic heterocycles. The molecule has 4 aromatic rings. The second kappa shape index (κ2) is 44.5. The molecule has 446 valence electrons. The molecule has 29 heteroatoms. The monoisotopic (exact) mass is 1160 g/mol. The van der Waals surface area contributed by atoms with Gasteiger partial charge in [-0.25, -0.2) is 14.0 Å². The predicted molar refractivity (Wildman–Crippen MR) is 302 cm³/mol. The number of rotatable bonds is 28. The van der Waals surface area contributed by atoms with Gasteiger partial charge in [0.05, 0.1) is 72.4 Å². The van der Waals surface area contributed by atoms with Gasteiger partial charge in [0.2, 0.25) is 5.24 Å². The third kappa shape index (κ3) is 35.0. The molecule has 0 unspecified atom stereocenters. The van der Waals surface area contributed by atoms with Crippen LogP contribution in [-0.4, -0.2) is 173 Å². The van der Waals surface area contributed by atoms with Crippen LogP contribution >= 0.6 is 11.6 Å². The molecule has 0 aromatic heterocycles. The van der Waals surface area contributed by atoms with E-state index < -0.39 is 42.7 Å². The number of nitro groups is 4. The van der Waals surface area contributed by atoms with E-state index in [2.05, 4.69) is 25.1 Å². The van der Waals surface area contributed by atoms with Gasteiger partial charge in [0, 0.05) is 122 Å². The van der Waals surface area contributed by atoms with Gasteiger partial charge < -0.3 is 60.1 Å². The molecule has 0 aliphatic rings. The predicted octanol–water partition coefficient (Wildman–Crippen LogP) is 5.03. The Bertz CT molecular complexity index is 2420. The molecule has 4 rings (SSSR count). The van der Waals surface area contributed by atoms with Gasteiger partial charge in [-0.2, -0.15) is 0 Å². The third-order valence-electron chi connectivity index (χ3n) is 9.59. The van der Waals surface area contributed by atoms with Crippen LogP contribution in [0.5, 0.6) is 0 Å². The van der Waals surface area contributed by atoms with Crippen LogP contribution in [-0.2, 0) is 23.9 Å². The number of hydrogen-bond acceptors (Lipinski definition) is 23. The molecule has 0 bridgehead atoms. The van der Waals surface area contributed by atoms with Crippen LogP contribution in [0.4, 0.5) is 44.2 Å². The molecule has 4 aromatic carbocycles. The smallest absolute Gasteiger partial charge is 0.333 e. The van der Waals surface area contributed by atoms with Crippen molar-refractivity contribution >= 4 is 68.6 Å². The van der Waals surface area contributed by atoms with E-state index in [0.29, 0.717) is 74.8 Å². The van der Waals surface area contributed by atoms with Crippen molar-refractivity contribution in [2.45, 2.75) is 20.8 Å². The minimum Gasteiger partial charge on any atom is -0.460 e. The van der Waals surface area contributed by atoms with Crippen LogP contribution in [0, 0.1) is 46.3 Å². The van der Waals surface area contributed by atoms with E-state index in [4.69, 9.17) is 51.7 Å². The number of nitro benzene ring substituents is 4. The van der Waals surface area contributed by atoms with Gasteiger partial charge in [-0.3, -0.25) is 45.3 Å². The summed E-state index contributed by atoms with van der Waals surface area (Å²) in [6, 6.07) is 22.3. The van der Waals surface area contributed by atoms with Gasteiger partial charge in [-0.15, -0.1) is 0 Å². The number of hydrogen-bond donors (Lipinski definition) is 7. The van der Waals surface area contributed by atoms with Gasteiger partial charge in [0.25, 0.3) is 22.7 Å². The minimum absolute atomic E-state index is 0.0247. The third-order valence-corrected chi connectivity index (χ3v) is 9.92. The fraction of sp³-hybridized carbons (Fsp3) is 0.365. The molecular weight excluding hydrogens is 1100 g/mol. The maximum Gasteiger partial charge on any atom is 0.333 e. The van der Waals surface area contributed by atoms with Gasteiger partial charge in [-0.05, 0) is 80.9 Å². The summed E-state index contributed by atoms with van der Waals surface area (Å²) in [4.78, 5) is 77.7. The number of ether oxygens (including phenoxy) is 2. The van der Waals surface area contributed by atoms with E-state index in [-0.39, 0.29) is 75.6 Å². The number of carbonyl (C=O) groups is 3. The number of esters is 2. The van der Waals surface area contributed by atoms with Crippen LogP contribution in [0.1, 0.15) is 20.8 Å². The first-order valence-electron chi connectivity index (χ1n) is 24.1. The lowest BCUT2D eigenvalue weighted by Gasteiger charge is -2.24. The van der Waals surface area contributed by atoms with E-state index in [1.807, 2.05) is 0 Å². The van der Waals surface area contributed by atoms with Crippen LogP contribution in [0.3, 0.4) is 0 Å². The van der Waals surface area contributed by atoms with Crippen molar-refractivity contribution in [2.75, 3.05) is 120 Å². The number of carbonyl (C=O) groups excluding carboxylic acids is 3. The molecule has 0 saturated carbocycles. The quantitative estimate of drug-likeness (QED) is 0.00978. The Morgan fingerprint density at radius 2 is 0.704 bits per heavy atom. The molecule has 0 radical (unpaired) electrons. The second-order valence-corrected chi connectivity index (χ2v) is 16.3. The lowest BCUT2D eigenvalue weighted by atomic mass is 10.2. The summed E-state index contributed by atoms with van der Waals surface area (Å²) in [7, 11) is 0. The number of halogens is 2. The van der Waals surface area contributed by atoms with E-state index in [1.165, 1.54) is 36.4 Å². The number of benzene rings is 4. The molecule has 81 heavy (non-hydrogen) atoms. The zero-order chi connectivity index (χ0) is 61.9. The average Bonchev–Trinajstić information content (AvgIpc) is 3.45. The summed E-state index contributed by atoms with van der Waals surface area (Å²) in [5.41, 5.74) is 3.06. The lowest BCUT2D eigenvalue weighted by Crippen LogP contribution is -2.32. The second-order valence-electron chi connectivity index (χ2n) is 16.0. The number of non-ortho nitro benzene ring substituents is 4. The summed E-state index contributed by atoms with van der Waals surface area (Å²) in [5, 5.41) is 95.6. The summed E-state index contributed by atoms with van der Waals surface area (Å²) >= 11 is 4.87. The van der Waals surface area contributed by atoms with E-state index >= 15 is 0 Å². The molecule has 0 fully saturated rings. The molecular formula is C52H70ClFN8O19. The van der Waals surface area contributed by atoms with Crippen LogP contribution in [0.15, 0.2) is 134 Å². The Hall–Kier alpha value is -8.35. The highest BCUT2D eigenvalue weighted by Gasteiger charge is 2.14. The molecule has 0 atom stereocenters. The summed E-state index contributed by atoms with van der Waals surface area (Å²) < 4.78 is 22.3. The van der Waals surface area contributed by atoms with Gasteiger partial charge in [-0.1, -0.05) is 19.7 Å². The Balaban J connectivity index is 0. The molecule has 0 amide bonds. The largest absolute Gasteiger partial charge is 0.460 e. The highest BCUT2D eigenvalue weighted by atomic mass is 35.5.